The molecule has 1 heterocycles. The molecule has 1 aliphatic rings. The quantitative estimate of drug-likeness (QED) is 0.600. The van der Waals surface area contributed by atoms with Crippen LogP contribution in [0.4, 0.5) is 5.69 Å². The number of nitrogens with two attached hydrogens (primary N) is 1. The van der Waals surface area contributed by atoms with Crippen molar-refractivity contribution >= 4 is 72.1 Å². The van der Waals surface area contributed by atoms with Crippen molar-refractivity contribution in [2.75, 3.05) is 5.32 Å². The predicted octanol–water partition coefficient (Wildman–Crippen LogP) is 1.39. The van der Waals surface area contributed by atoms with E-state index in [1.807, 2.05) is 0 Å². The highest BCUT2D eigenvalue weighted by molar-refractivity contribution is 7.90. The molecule has 7 nitrogen and oxygen atoms in total. The fourth-order valence-corrected chi connectivity index (χ4v) is 4.69. The summed E-state index contributed by atoms with van der Waals surface area (Å²) in [4.78, 5) is -0.899. The molecule has 1 aromatic rings. The lowest BCUT2D eigenvalue weighted by Gasteiger charge is -2.32. The van der Waals surface area contributed by atoms with Crippen LogP contribution in [-0.4, -0.2) is 26.8 Å². The number of primary sulfonamides is 1. The zero-order valence-corrected chi connectivity index (χ0v) is 14.4. The molecular formula is C8H7Cl4N3O4S2. The number of halogens is 4. The molecule has 0 amide bonds. The maximum Gasteiger partial charge on any atom is 0.244 e. The Hall–Kier alpha value is -0.000000000000000111. The van der Waals surface area contributed by atoms with Crippen LogP contribution >= 0.6 is 46.4 Å². The highest BCUT2D eigenvalue weighted by Gasteiger charge is 2.41. The minimum Gasteiger partial charge on any atom is -0.364 e. The minimum absolute atomic E-state index is 0.0116. The van der Waals surface area contributed by atoms with Gasteiger partial charge in [-0.15, -0.1) is 0 Å². The van der Waals surface area contributed by atoms with Gasteiger partial charge in [0.25, 0.3) is 0 Å². The van der Waals surface area contributed by atoms with E-state index in [9.17, 15) is 16.8 Å². The van der Waals surface area contributed by atoms with E-state index in [-0.39, 0.29) is 15.6 Å². The second-order valence-electron chi connectivity index (χ2n) is 4.06. The zero-order chi connectivity index (χ0) is 16.2. The molecule has 0 bridgehead atoms. The lowest BCUT2D eigenvalue weighted by Crippen LogP contribution is -2.52. The van der Waals surface area contributed by atoms with Crippen LogP contribution in [-0.2, 0) is 20.0 Å². The molecule has 1 aromatic carbocycles. The van der Waals surface area contributed by atoms with Crippen molar-refractivity contribution in [3.63, 3.8) is 0 Å². The first-order chi connectivity index (χ1) is 9.32. The average molecular weight is 415 g/mol. The molecule has 1 unspecified atom stereocenters. The van der Waals surface area contributed by atoms with Crippen LogP contribution in [0.3, 0.4) is 0 Å². The third-order valence-corrected chi connectivity index (χ3v) is 6.02. The first-order valence-corrected chi connectivity index (χ1v) is 9.58. The molecule has 0 fully saturated rings. The summed E-state index contributed by atoms with van der Waals surface area (Å²) in [6, 6.07) is 1.91. The summed E-state index contributed by atoms with van der Waals surface area (Å²) in [5.41, 5.74) is -0.0116. The summed E-state index contributed by atoms with van der Waals surface area (Å²) in [7, 11) is -8.31. The topological polar surface area (TPSA) is 118 Å². The minimum atomic E-state index is -4.19. The molecule has 0 radical (unpaired) electrons. The summed E-state index contributed by atoms with van der Waals surface area (Å²) in [6.45, 7) is 0. The Morgan fingerprint density at radius 3 is 2.29 bits per heavy atom. The second-order valence-corrected chi connectivity index (χ2v) is 10.1. The number of fused-ring (bicyclic) bond motifs is 1. The molecule has 0 spiro atoms. The van der Waals surface area contributed by atoms with Gasteiger partial charge in [0, 0.05) is 0 Å². The molecule has 0 aromatic heterocycles. The fraction of sp³-hybridized carbons (Fsp3) is 0.250. The third kappa shape index (κ3) is 3.50. The third-order valence-electron chi connectivity index (χ3n) is 2.53. The molecule has 0 saturated heterocycles. The van der Waals surface area contributed by atoms with E-state index in [2.05, 4.69) is 10.0 Å². The van der Waals surface area contributed by atoms with Gasteiger partial charge in [-0.05, 0) is 12.1 Å². The van der Waals surface area contributed by atoms with Gasteiger partial charge in [0.15, 0.2) is 0 Å². The number of anilines is 1. The van der Waals surface area contributed by atoms with E-state index >= 15 is 0 Å². The summed E-state index contributed by atoms with van der Waals surface area (Å²) in [5.74, 6) is 0. The van der Waals surface area contributed by atoms with Crippen LogP contribution in [0.5, 0.6) is 0 Å². The van der Waals surface area contributed by atoms with Gasteiger partial charge in [0.1, 0.15) is 16.0 Å². The van der Waals surface area contributed by atoms with Crippen molar-refractivity contribution < 1.29 is 16.8 Å². The summed E-state index contributed by atoms with van der Waals surface area (Å²) < 4.78 is 47.1. The van der Waals surface area contributed by atoms with Gasteiger partial charge >= 0.3 is 0 Å². The molecule has 1 atom stereocenters. The van der Waals surface area contributed by atoms with Crippen LogP contribution < -0.4 is 15.2 Å². The number of hydrogen-bond donors (Lipinski definition) is 3. The van der Waals surface area contributed by atoms with E-state index in [0.29, 0.717) is 0 Å². The normalized spacial score (nSPS) is 21.5. The molecular weight excluding hydrogens is 408 g/mol. The van der Waals surface area contributed by atoms with Gasteiger partial charge in [-0.3, -0.25) is 0 Å². The van der Waals surface area contributed by atoms with Gasteiger partial charge in [-0.25, -0.2) is 22.0 Å². The molecule has 0 saturated carbocycles. The van der Waals surface area contributed by atoms with Crippen LogP contribution in [0.25, 0.3) is 0 Å². The average Bonchev–Trinajstić information content (AvgIpc) is 2.23. The Balaban J connectivity index is 2.67. The first-order valence-electron chi connectivity index (χ1n) is 5.04. The molecule has 118 valence electrons. The van der Waals surface area contributed by atoms with Crippen LogP contribution in [0.1, 0.15) is 0 Å². The van der Waals surface area contributed by atoms with Crippen molar-refractivity contribution in [3.8, 4) is 0 Å². The Kier molecular flexibility index (Phi) is 4.36. The van der Waals surface area contributed by atoms with Crippen molar-refractivity contribution in [1.29, 1.82) is 0 Å². The number of rotatable bonds is 1. The lowest BCUT2D eigenvalue weighted by molar-refractivity contribution is 0.558. The molecule has 1 aliphatic heterocycles. The molecule has 0 aliphatic carbocycles. The van der Waals surface area contributed by atoms with E-state index in [4.69, 9.17) is 51.5 Å². The van der Waals surface area contributed by atoms with E-state index in [1.165, 1.54) is 0 Å². The largest absolute Gasteiger partial charge is 0.364 e. The Morgan fingerprint density at radius 1 is 1.24 bits per heavy atom. The molecule has 2 rings (SSSR count). The van der Waals surface area contributed by atoms with Gasteiger partial charge in [0.05, 0.1) is 10.7 Å². The number of benzene rings is 1. The first kappa shape index (κ1) is 17.4. The monoisotopic (exact) mass is 413 g/mol. The molecule has 13 heteroatoms. The van der Waals surface area contributed by atoms with E-state index < -0.39 is 34.9 Å². The highest BCUT2D eigenvalue weighted by atomic mass is 35.6. The maximum absolute atomic E-state index is 12.1. The lowest BCUT2D eigenvalue weighted by atomic mass is 10.3. The van der Waals surface area contributed by atoms with Gasteiger partial charge < -0.3 is 5.32 Å². The Bertz CT molecular complexity index is 804. The standard InChI is InChI=1S/C8H7Cl4N3O4S2/c9-3-1-4-6(2-5(3)20(13,16)17)21(18,19)15-7(14-4)8(10,11)12/h1-2,7,14-15H,(H2,13,16,17). The molecule has 21 heavy (non-hydrogen) atoms. The number of nitrogens with one attached hydrogen (secondary N) is 2. The Labute approximate surface area is 140 Å². The van der Waals surface area contributed by atoms with Crippen molar-refractivity contribution in [2.24, 2.45) is 5.14 Å². The van der Waals surface area contributed by atoms with Gasteiger partial charge in [-0.1, -0.05) is 46.4 Å². The van der Waals surface area contributed by atoms with Crippen molar-refractivity contribution in [2.45, 2.75) is 19.7 Å². The summed E-state index contributed by atoms with van der Waals surface area (Å²) >= 11 is 22.7. The predicted molar refractivity (Wildman–Crippen MR) is 80.8 cm³/mol. The number of hydrogen-bond acceptors (Lipinski definition) is 5. The van der Waals surface area contributed by atoms with Gasteiger partial charge in [0.2, 0.25) is 23.8 Å². The number of alkyl halides is 3. The van der Waals surface area contributed by atoms with E-state index in [1.54, 1.807) is 0 Å². The summed E-state index contributed by atoms with van der Waals surface area (Å²) in [6.07, 6.45) is -1.25. The van der Waals surface area contributed by atoms with E-state index in [0.717, 1.165) is 12.1 Å². The van der Waals surface area contributed by atoms with Crippen LogP contribution in [0.2, 0.25) is 5.02 Å². The highest BCUT2D eigenvalue weighted by Crippen LogP contribution is 2.38. The van der Waals surface area contributed by atoms with Gasteiger partial charge in [-0.2, -0.15) is 4.72 Å². The van der Waals surface area contributed by atoms with Crippen molar-refractivity contribution in [1.82, 2.24) is 4.72 Å². The number of sulfonamides is 2. The Morgan fingerprint density at radius 2 is 1.81 bits per heavy atom. The maximum atomic E-state index is 12.1. The van der Waals surface area contributed by atoms with Crippen LogP contribution in [0, 0.1) is 0 Å². The smallest absolute Gasteiger partial charge is 0.244 e. The SMILES string of the molecule is NS(=O)(=O)c1cc2c(cc1Cl)NC(C(Cl)(Cl)Cl)NS2(=O)=O. The zero-order valence-electron chi connectivity index (χ0n) is 9.77. The molecule has 4 N–H and O–H groups in total. The summed E-state index contributed by atoms with van der Waals surface area (Å²) in [5, 5.41) is 7.31. The fourth-order valence-electron chi connectivity index (χ4n) is 1.64. The van der Waals surface area contributed by atoms with Crippen LogP contribution in [0.15, 0.2) is 21.9 Å². The second kappa shape index (κ2) is 5.27. The van der Waals surface area contributed by atoms with Crippen molar-refractivity contribution in [3.05, 3.63) is 17.2 Å².